The van der Waals surface area contributed by atoms with Crippen LogP contribution in [0.25, 0.3) is 0 Å². The monoisotopic (exact) mass is 324 g/mol. The second-order valence-electron chi connectivity index (χ2n) is 4.90. The molecule has 2 rings (SSSR count). The van der Waals surface area contributed by atoms with Crippen molar-refractivity contribution in [2.75, 3.05) is 11.9 Å². The van der Waals surface area contributed by atoms with Crippen LogP contribution in [0, 0.1) is 13.8 Å². The number of nitrogens with one attached hydrogen (secondary N) is 2. The predicted molar refractivity (Wildman–Crippen MR) is 88.4 cm³/mol. The van der Waals surface area contributed by atoms with E-state index in [0.29, 0.717) is 10.1 Å². The average molecular weight is 324 g/mol. The van der Waals surface area contributed by atoms with Crippen molar-refractivity contribution < 1.29 is 4.79 Å². The number of amides is 1. The van der Waals surface area contributed by atoms with Gasteiger partial charge in [0.1, 0.15) is 0 Å². The fraction of sp³-hybridized carbons (Fsp3) is 0.500. The van der Waals surface area contributed by atoms with Crippen LogP contribution in [0.1, 0.15) is 51.4 Å². The summed E-state index contributed by atoms with van der Waals surface area (Å²) in [6.45, 7) is 9.05. The molecule has 114 valence electrons. The van der Waals surface area contributed by atoms with Crippen LogP contribution in [-0.4, -0.2) is 22.6 Å². The van der Waals surface area contributed by atoms with Gasteiger partial charge in [-0.05, 0) is 38.8 Å². The summed E-state index contributed by atoms with van der Waals surface area (Å²) in [5, 5.41) is 15.1. The fourth-order valence-corrected chi connectivity index (χ4v) is 3.73. The van der Waals surface area contributed by atoms with Crippen molar-refractivity contribution in [3.8, 4) is 0 Å². The van der Waals surface area contributed by atoms with Crippen LogP contribution < -0.4 is 10.6 Å². The zero-order valence-corrected chi connectivity index (χ0v) is 14.3. The standard InChI is InChI=1S/C14H20N4OS2/c1-5-6-15-14-18-17-13(21-14)12(19)16-9(3)11-7-8(2)20-10(11)4/h7,9H,5-6H2,1-4H3,(H,15,18)(H,16,19). The Morgan fingerprint density at radius 1 is 1.33 bits per heavy atom. The normalized spacial score (nSPS) is 12.2. The Morgan fingerprint density at radius 2 is 2.10 bits per heavy atom. The summed E-state index contributed by atoms with van der Waals surface area (Å²) < 4.78 is 0. The van der Waals surface area contributed by atoms with E-state index in [4.69, 9.17) is 0 Å². The molecule has 0 aliphatic carbocycles. The predicted octanol–water partition coefficient (Wildman–Crippen LogP) is 3.53. The lowest BCUT2D eigenvalue weighted by atomic mass is 10.1. The Hall–Kier alpha value is -1.47. The lowest BCUT2D eigenvalue weighted by Gasteiger charge is -2.12. The topological polar surface area (TPSA) is 66.9 Å². The number of hydrogen-bond donors (Lipinski definition) is 2. The Kier molecular flexibility index (Phi) is 5.30. The Morgan fingerprint density at radius 3 is 2.71 bits per heavy atom. The van der Waals surface area contributed by atoms with Gasteiger partial charge in [-0.3, -0.25) is 4.79 Å². The third-order valence-electron chi connectivity index (χ3n) is 3.04. The van der Waals surface area contributed by atoms with Gasteiger partial charge in [0.05, 0.1) is 6.04 Å². The molecule has 2 aromatic heterocycles. The molecule has 7 heteroatoms. The molecule has 2 aromatic rings. The minimum atomic E-state index is -0.173. The van der Waals surface area contributed by atoms with Crippen molar-refractivity contribution in [1.29, 1.82) is 0 Å². The van der Waals surface area contributed by atoms with Crippen LogP contribution in [0.2, 0.25) is 0 Å². The number of thiophene rings is 1. The Bertz CT molecular complexity index is 620. The van der Waals surface area contributed by atoms with E-state index in [1.807, 2.05) is 6.92 Å². The molecule has 0 saturated heterocycles. The minimum absolute atomic E-state index is 0.0293. The summed E-state index contributed by atoms with van der Waals surface area (Å²) in [4.78, 5) is 14.7. The van der Waals surface area contributed by atoms with Crippen molar-refractivity contribution in [3.05, 3.63) is 26.4 Å². The number of nitrogens with zero attached hydrogens (tertiary/aromatic N) is 2. The first-order chi connectivity index (χ1) is 10.0. The van der Waals surface area contributed by atoms with Crippen molar-refractivity contribution in [1.82, 2.24) is 15.5 Å². The molecule has 2 N–H and O–H groups in total. The van der Waals surface area contributed by atoms with Crippen LogP contribution in [0.3, 0.4) is 0 Å². The van der Waals surface area contributed by atoms with E-state index in [9.17, 15) is 4.79 Å². The number of aromatic nitrogens is 2. The smallest absolute Gasteiger partial charge is 0.282 e. The molecule has 0 aliphatic rings. The summed E-state index contributed by atoms with van der Waals surface area (Å²) in [6, 6.07) is 2.10. The van der Waals surface area contributed by atoms with Gasteiger partial charge in [-0.2, -0.15) is 0 Å². The Balaban J connectivity index is 2.00. The molecular weight excluding hydrogens is 304 g/mol. The molecular formula is C14H20N4OS2. The Labute approximate surface area is 132 Å². The van der Waals surface area contributed by atoms with Gasteiger partial charge in [-0.25, -0.2) is 0 Å². The van der Waals surface area contributed by atoms with Crippen LogP contribution >= 0.6 is 22.7 Å². The molecule has 0 radical (unpaired) electrons. The van der Waals surface area contributed by atoms with E-state index in [2.05, 4.69) is 47.7 Å². The van der Waals surface area contributed by atoms with Crippen LogP contribution in [0.5, 0.6) is 0 Å². The van der Waals surface area contributed by atoms with Crippen LogP contribution in [0.15, 0.2) is 6.07 Å². The van der Waals surface area contributed by atoms with Gasteiger partial charge in [0, 0.05) is 16.3 Å². The second-order valence-corrected chi connectivity index (χ2v) is 7.34. The van der Waals surface area contributed by atoms with Crippen LogP contribution in [0.4, 0.5) is 5.13 Å². The van der Waals surface area contributed by atoms with Gasteiger partial charge in [0.25, 0.3) is 5.91 Å². The second kappa shape index (κ2) is 7.00. The molecule has 1 atom stereocenters. The van der Waals surface area contributed by atoms with E-state index < -0.39 is 0 Å². The molecule has 5 nitrogen and oxygen atoms in total. The van der Waals surface area contributed by atoms with Crippen molar-refractivity contribution in [2.24, 2.45) is 0 Å². The maximum absolute atomic E-state index is 12.2. The summed E-state index contributed by atoms with van der Waals surface area (Å²) >= 11 is 3.03. The first-order valence-corrected chi connectivity index (χ1v) is 8.59. The number of anilines is 1. The van der Waals surface area contributed by atoms with Gasteiger partial charge in [-0.1, -0.05) is 18.3 Å². The van der Waals surface area contributed by atoms with Crippen molar-refractivity contribution in [3.63, 3.8) is 0 Å². The molecule has 1 unspecified atom stereocenters. The van der Waals surface area contributed by atoms with Gasteiger partial charge >= 0.3 is 0 Å². The molecule has 0 spiro atoms. The lowest BCUT2D eigenvalue weighted by molar-refractivity contribution is 0.0939. The van der Waals surface area contributed by atoms with E-state index >= 15 is 0 Å². The number of hydrogen-bond acceptors (Lipinski definition) is 6. The molecule has 0 aliphatic heterocycles. The summed E-state index contributed by atoms with van der Waals surface area (Å²) in [6.07, 6.45) is 1.01. The van der Waals surface area contributed by atoms with E-state index in [-0.39, 0.29) is 11.9 Å². The van der Waals surface area contributed by atoms with Gasteiger partial charge in [-0.15, -0.1) is 21.5 Å². The van der Waals surface area contributed by atoms with Crippen molar-refractivity contribution >= 4 is 33.7 Å². The average Bonchev–Trinajstić information content (AvgIpc) is 3.03. The molecule has 2 heterocycles. The third-order valence-corrected chi connectivity index (χ3v) is 4.90. The SMILES string of the molecule is CCCNc1nnc(C(=O)NC(C)c2cc(C)sc2C)s1. The highest BCUT2D eigenvalue weighted by Gasteiger charge is 2.18. The highest BCUT2D eigenvalue weighted by atomic mass is 32.1. The number of carbonyl (C=O) groups excluding carboxylic acids is 1. The summed E-state index contributed by atoms with van der Waals surface area (Å²) in [7, 11) is 0. The molecule has 1 amide bonds. The van der Waals surface area contributed by atoms with E-state index in [0.717, 1.165) is 13.0 Å². The van der Waals surface area contributed by atoms with E-state index in [1.165, 1.54) is 26.7 Å². The third kappa shape index (κ3) is 4.01. The summed E-state index contributed by atoms with van der Waals surface area (Å²) in [5.74, 6) is -0.173. The summed E-state index contributed by atoms with van der Waals surface area (Å²) in [5.41, 5.74) is 1.17. The molecule has 0 aromatic carbocycles. The van der Waals surface area contributed by atoms with Crippen molar-refractivity contribution in [2.45, 2.75) is 40.2 Å². The van der Waals surface area contributed by atoms with Gasteiger partial charge in [0.2, 0.25) is 10.1 Å². The van der Waals surface area contributed by atoms with E-state index in [1.54, 1.807) is 11.3 Å². The highest BCUT2D eigenvalue weighted by Crippen LogP contribution is 2.26. The molecule has 21 heavy (non-hydrogen) atoms. The van der Waals surface area contributed by atoms with Gasteiger partial charge < -0.3 is 10.6 Å². The fourth-order valence-electron chi connectivity index (χ4n) is 2.03. The lowest BCUT2D eigenvalue weighted by Crippen LogP contribution is -2.26. The zero-order chi connectivity index (χ0) is 15.4. The minimum Gasteiger partial charge on any atom is -0.360 e. The molecule has 0 fully saturated rings. The largest absolute Gasteiger partial charge is 0.360 e. The first-order valence-electron chi connectivity index (χ1n) is 6.96. The van der Waals surface area contributed by atoms with Gasteiger partial charge in [0.15, 0.2) is 0 Å². The first kappa shape index (κ1) is 15.9. The number of carbonyl (C=O) groups is 1. The quantitative estimate of drug-likeness (QED) is 0.853. The maximum Gasteiger partial charge on any atom is 0.282 e. The zero-order valence-electron chi connectivity index (χ0n) is 12.7. The maximum atomic E-state index is 12.2. The highest BCUT2D eigenvalue weighted by molar-refractivity contribution is 7.17. The molecule has 0 saturated carbocycles. The number of aryl methyl sites for hydroxylation is 2. The number of rotatable bonds is 6. The van der Waals surface area contributed by atoms with Crippen LogP contribution in [-0.2, 0) is 0 Å². The molecule has 0 bridgehead atoms.